The Morgan fingerprint density at radius 3 is 2.78 bits per heavy atom. The zero-order valence-corrected chi connectivity index (χ0v) is 12.0. The lowest BCUT2D eigenvalue weighted by atomic mass is 9.72. The summed E-state index contributed by atoms with van der Waals surface area (Å²) in [7, 11) is 2.26. The Morgan fingerprint density at radius 2 is 2.28 bits per heavy atom. The second-order valence-electron chi connectivity index (χ2n) is 5.79. The van der Waals surface area contributed by atoms with E-state index in [1.54, 1.807) is 0 Å². The molecule has 3 aliphatic rings. The van der Waals surface area contributed by atoms with Crippen molar-refractivity contribution in [3.8, 4) is 0 Å². The molecule has 3 nitrogen and oxygen atoms in total. The average molecular weight is 265 g/mol. The highest BCUT2D eigenvalue weighted by molar-refractivity contribution is 7.09. The van der Waals surface area contributed by atoms with E-state index in [0.717, 1.165) is 25.6 Å². The van der Waals surface area contributed by atoms with Crippen molar-refractivity contribution in [1.82, 2.24) is 9.80 Å². The molecule has 0 radical (unpaired) electrons. The van der Waals surface area contributed by atoms with E-state index < -0.39 is 0 Å². The van der Waals surface area contributed by atoms with E-state index in [-0.39, 0.29) is 5.54 Å². The first-order valence-corrected chi connectivity index (χ1v) is 7.78. The Kier molecular flexibility index (Phi) is 3.45. The predicted octanol–water partition coefficient (Wildman–Crippen LogP) is 1.60. The van der Waals surface area contributed by atoms with Crippen LogP contribution in [0.3, 0.4) is 0 Å². The zero-order chi connectivity index (χ0) is 12.6. The van der Waals surface area contributed by atoms with Crippen LogP contribution in [0.5, 0.6) is 0 Å². The van der Waals surface area contributed by atoms with Crippen LogP contribution >= 0.6 is 11.3 Å². The summed E-state index contributed by atoms with van der Waals surface area (Å²) >= 11 is 1.85. The van der Waals surface area contributed by atoms with Gasteiger partial charge in [-0.1, -0.05) is 6.07 Å². The van der Waals surface area contributed by atoms with Gasteiger partial charge in [0.2, 0.25) is 0 Å². The number of thiophene rings is 1. The summed E-state index contributed by atoms with van der Waals surface area (Å²) in [5, 5.41) is 2.16. The van der Waals surface area contributed by atoms with Crippen LogP contribution in [0.25, 0.3) is 0 Å². The summed E-state index contributed by atoms with van der Waals surface area (Å²) in [4.78, 5) is 6.56. The Bertz CT molecular complexity index is 384. The molecule has 1 atom stereocenters. The summed E-state index contributed by atoms with van der Waals surface area (Å²) in [5.74, 6) is 0.789. The summed E-state index contributed by atoms with van der Waals surface area (Å²) in [6.45, 7) is 5.55. The first-order chi connectivity index (χ1) is 8.74. The van der Waals surface area contributed by atoms with Gasteiger partial charge in [-0.15, -0.1) is 11.3 Å². The fraction of sp³-hybridized carbons (Fsp3) is 0.714. The minimum atomic E-state index is 0.209. The SMILES string of the molecule is CN(Cc1cccs1)C1(CN)CN2CCC1CC2. The number of piperidine rings is 3. The number of fused-ring (bicyclic) bond motifs is 3. The van der Waals surface area contributed by atoms with Gasteiger partial charge >= 0.3 is 0 Å². The molecule has 3 fully saturated rings. The fourth-order valence-corrected chi connectivity index (χ4v) is 4.52. The standard InChI is InChI=1S/C14H23N3S/c1-16(9-13-3-2-8-18-13)14(10-15)11-17-6-4-12(14)5-7-17/h2-3,8,12H,4-7,9-11,15H2,1H3. The van der Waals surface area contributed by atoms with Gasteiger partial charge < -0.3 is 10.6 Å². The monoisotopic (exact) mass is 265 g/mol. The molecule has 0 aliphatic carbocycles. The number of hydrogen-bond donors (Lipinski definition) is 1. The van der Waals surface area contributed by atoms with Gasteiger partial charge in [0.15, 0.2) is 0 Å². The van der Waals surface area contributed by atoms with Crippen molar-refractivity contribution in [1.29, 1.82) is 0 Å². The molecule has 0 amide bonds. The first kappa shape index (κ1) is 12.6. The van der Waals surface area contributed by atoms with Gasteiger partial charge in [0.1, 0.15) is 0 Å². The van der Waals surface area contributed by atoms with Crippen LogP contribution in [-0.2, 0) is 6.54 Å². The maximum atomic E-state index is 6.19. The number of nitrogens with two attached hydrogens (primary N) is 1. The molecule has 3 saturated heterocycles. The van der Waals surface area contributed by atoms with E-state index >= 15 is 0 Å². The molecular formula is C14H23N3S. The molecule has 18 heavy (non-hydrogen) atoms. The lowest BCUT2D eigenvalue weighted by molar-refractivity contribution is -0.0592. The van der Waals surface area contributed by atoms with E-state index in [1.807, 2.05) is 11.3 Å². The quantitative estimate of drug-likeness (QED) is 0.897. The molecule has 0 saturated carbocycles. The molecule has 4 heteroatoms. The zero-order valence-electron chi connectivity index (χ0n) is 11.1. The van der Waals surface area contributed by atoms with Crippen LogP contribution in [0.15, 0.2) is 17.5 Å². The third-order valence-corrected chi connectivity index (χ3v) is 5.79. The van der Waals surface area contributed by atoms with Gasteiger partial charge in [-0.05, 0) is 50.3 Å². The molecule has 1 aromatic rings. The summed E-state index contributed by atoms with van der Waals surface area (Å²) in [6, 6.07) is 4.37. The molecule has 1 aromatic heterocycles. The first-order valence-electron chi connectivity index (χ1n) is 6.90. The molecule has 2 bridgehead atoms. The van der Waals surface area contributed by atoms with Crippen LogP contribution in [0.4, 0.5) is 0 Å². The average Bonchev–Trinajstić information content (AvgIpc) is 2.92. The molecule has 2 N–H and O–H groups in total. The van der Waals surface area contributed by atoms with Crippen LogP contribution < -0.4 is 5.73 Å². The number of likely N-dealkylation sites (N-methyl/N-ethyl adjacent to an activating group) is 1. The van der Waals surface area contributed by atoms with E-state index in [4.69, 9.17) is 5.73 Å². The van der Waals surface area contributed by atoms with E-state index in [2.05, 4.69) is 34.4 Å². The van der Waals surface area contributed by atoms with Crippen molar-refractivity contribution in [2.24, 2.45) is 11.7 Å². The molecule has 4 rings (SSSR count). The van der Waals surface area contributed by atoms with Gasteiger partial charge in [-0.3, -0.25) is 4.90 Å². The van der Waals surface area contributed by atoms with Crippen molar-refractivity contribution in [2.45, 2.75) is 24.9 Å². The maximum absolute atomic E-state index is 6.19. The van der Waals surface area contributed by atoms with E-state index in [0.29, 0.717) is 0 Å². The van der Waals surface area contributed by atoms with Crippen LogP contribution in [0, 0.1) is 5.92 Å². The number of rotatable bonds is 4. The molecule has 100 valence electrons. The largest absolute Gasteiger partial charge is 0.329 e. The molecule has 0 spiro atoms. The minimum absolute atomic E-state index is 0.209. The summed E-state index contributed by atoms with van der Waals surface area (Å²) in [6.07, 6.45) is 2.65. The topological polar surface area (TPSA) is 32.5 Å². The fourth-order valence-electron chi connectivity index (χ4n) is 3.76. The summed E-state index contributed by atoms with van der Waals surface area (Å²) < 4.78 is 0. The summed E-state index contributed by atoms with van der Waals surface area (Å²) in [5.41, 5.74) is 6.40. The van der Waals surface area contributed by atoms with Crippen molar-refractivity contribution >= 4 is 11.3 Å². The van der Waals surface area contributed by atoms with Crippen LogP contribution in [-0.4, -0.2) is 48.6 Å². The van der Waals surface area contributed by atoms with Gasteiger partial charge in [-0.2, -0.15) is 0 Å². The van der Waals surface area contributed by atoms with Gasteiger partial charge in [-0.25, -0.2) is 0 Å². The normalized spacial score (nSPS) is 35.3. The minimum Gasteiger partial charge on any atom is -0.329 e. The molecule has 4 heterocycles. The van der Waals surface area contributed by atoms with Crippen molar-refractivity contribution in [3.63, 3.8) is 0 Å². The lowest BCUT2D eigenvalue weighted by Gasteiger charge is -2.57. The molecular weight excluding hydrogens is 242 g/mol. The Hall–Kier alpha value is -0.420. The Morgan fingerprint density at radius 1 is 1.50 bits per heavy atom. The van der Waals surface area contributed by atoms with Gasteiger partial charge in [0.25, 0.3) is 0 Å². The van der Waals surface area contributed by atoms with Crippen LogP contribution in [0.2, 0.25) is 0 Å². The van der Waals surface area contributed by atoms with E-state index in [9.17, 15) is 0 Å². The highest BCUT2D eigenvalue weighted by atomic mass is 32.1. The van der Waals surface area contributed by atoms with Crippen LogP contribution in [0.1, 0.15) is 17.7 Å². The van der Waals surface area contributed by atoms with E-state index in [1.165, 1.54) is 30.8 Å². The van der Waals surface area contributed by atoms with Crippen molar-refractivity contribution < 1.29 is 0 Å². The number of hydrogen-bond acceptors (Lipinski definition) is 4. The number of nitrogens with zero attached hydrogens (tertiary/aromatic N) is 2. The lowest BCUT2D eigenvalue weighted by Crippen LogP contribution is -2.68. The highest BCUT2D eigenvalue weighted by Gasteiger charge is 2.48. The third kappa shape index (κ3) is 2.01. The Balaban J connectivity index is 1.78. The van der Waals surface area contributed by atoms with Crippen molar-refractivity contribution in [3.05, 3.63) is 22.4 Å². The van der Waals surface area contributed by atoms with Crippen molar-refractivity contribution in [2.75, 3.05) is 33.2 Å². The van der Waals surface area contributed by atoms with Gasteiger partial charge in [0, 0.05) is 30.1 Å². The maximum Gasteiger partial charge on any atom is 0.0488 e. The molecule has 0 aromatic carbocycles. The smallest absolute Gasteiger partial charge is 0.0488 e. The second kappa shape index (κ2) is 4.93. The predicted molar refractivity (Wildman–Crippen MR) is 76.7 cm³/mol. The highest BCUT2D eigenvalue weighted by Crippen LogP contribution is 2.39. The third-order valence-electron chi connectivity index (χ3n) is 4.93. The second-order valence-corrected chi connectivity index (χ2v) is 6.83. The van der Waals surface area contributed by atoms with Gasteiger partial charge in [0.05, 0.1) is 0 Å². The molecule has 3 aliphatic heterocycles. The molecule has 1 unspecified atom stereocenters. The Labute approximate surface area is 114 Å².